The fraction of sp³-hybridized carbons (Fsp3) is 0.250. The van der Waals surface area contributed by atoms with Crippen LogP contribution < -0.4 is 10.2 Å². The standard InChI is InChI=1S/C12H14N2O3/c1-8-6-14(2)7-10-4-3-9(12(15)13-16)5-11(10)17-8/h3-6,16H,7H2,1-2H3,(H,13,15). The topological polar surface area (TPSA) is 61.8 Å². The van der Waals surface area contributed by atoms with Crippen molar-refractivity contribution in [1.82, 2.24) is 10.4 Å². The van der Waals surface area contributed by atoms with Crippen molar-refractivity contribution in [3.8, 4) is 5.75 Å². The van der Waals surface area contributed by atoms with Crippen LogP contribution in [0.15, 0.2) is 30.2 Å². The lowest BCUT2D eigenvalue weighted by Gasteiger charge is -2.12. The molecule has 1 aliphatic heterocycles. The van der Waals surface area contributed by atoms with Crippen LogP contribution >= 0.6 is 0 Å². The highest BCUT2D eigenvalue weighted by molar-refractivity contribution is 5.93. The molecule has 0 spiro atoms. The van der Waals surface area contributed by atoms with E-state index >= 15 is 0 Å². The lowest BCUT2D eigenvalue weighted by molar-refractivity contribution is 0.0706. The van der Waals surface area contributed by atoms with Crippen molar-refractivity contribution in [1.29, 1.82) is 0 Å². The average Bonchev–Trinajstić information content (AvgIpc) is 2.43. The van der Waals surface area contributed by atoms with Gasteiger partial charge in [0.25, 0.3) is 5.91 Å². The zero-order chi connectivity index (χ0) is 12.4. The summed E-state index contributed by atoms with van der Waals surface area (Å²) in [5.74, 6) is 0.854. The molecule has 5 heteroatoms. The smallest absolute Gasteiger partial charge is 0.274 e. The van der Waals surface area contributed by atoms with Gasteiger partial charge in [0.2, 0.25) is 0 Å². The number of nitrogens with zero attached hydrogens (tertiary/aromatic N) is 1. The van der Waals surface area contributed by atoms with Crippen LogP contribution in [-0.2, 0) is 6.54 Å². The largest absolute Gasteiger partial charge is 0.460 e. The molecule has 0 unspecified atom stereocenters. The van der Waals surface area contributed by atoms with Gasteiger partial charge in [-0.1, -0.05) is 6.07 Å². The number of amides is 1. The predicted molar refractivity (Wildman–Crippen MR) is 61.5 cm³/mol. The number of ether oxygens (including phenoxy) is 1. The van der Waals surface area contributed by atoms with Gasteiger partial charge < -0.3 is 9.64 Å². The quantitative estimate of drug-likeness (QED) is 0.571. The van der Waals surface area contributed by atoms with Gasteiger partial charge in [-0.3, -0.25) is 10.0 Å². The Balaban J connectivity index is 2.39. The molecule has 0 aromatic heterocycles. The monoisotopic (exact) mass is 234 g/mol. The van der Waals surface area contributed by atoms with Crippen molar-refractivity contribution in [2.45, 2.75) is 13.5 Å². The molecule has 0 fully saturated rings. The Bertz CT molecular complexity index is 483. The summed E-state index contributed by atoms with van der Waals surface area (Å²) in [6, 6.07) is 5.10. The molecular weight excluding hydrogens is 220 g/mol. The van der Waals surface area contributed by atoms with Crippen molar-refractivity contribution in [2.75, 3.05) is 7.05 Å². The van der Waals surface area contributed by atoms with Gasteiger partial charge in [-0.25, -0.2) is 5.48 Å². The number of allylic oxidation sites excluding steroid dienone is 1. The fourth-order valence-electron chi connectivity index (χ4n) is 1.81. The molecule has 0 atom stereocenters. The van der Waals surface area contributed by atoms with Crippen LogP contribution in [0, 0.1) is 0 Å². The SMILES string of the molecule is CC1=CN(C)Cc2ccc(C(=O)NO)cc2O1. The van der Waals surface area contributed by atoms with Crippen LogP contribution in [0.25, 0.3) is 0 Å². The summed E-state index contributed by atoms with van der Waals surface area (Å²) in [5.41, 5.74) is 2.96. The van der Waals surface area contributed by atoms with E-state index in [0.717, 1.165) is 11.3 Å². The Morgan fingerprint density at radius 2 is 2.29 bits per heavy atom. The highest BCUT2D eigenvalue weighted by Crippen LogP contribution is 2.26. The number of rotatable bonds is 1. The van der Waals surface area contributed by atoms with E-state index in [2.05, 4.69) is 0 Å². The molecule has 0 bridgehead atoms. The zero-order valence-electron chi connectivity index (χ0n) is 9.73. The average molecular weight is 234 g/mol. The third kappa shape index (κ3) is 2.39. The number of fused-ring (bicyclic) bond motifs is 1. The van der Waals surface area contributed by atoms with E-state index in [1.807, 2.05) is 31.1 Å². The Labute approximate surface area is 99.3 Å². The summed E-state index contributed by atoms with van der Waals surface area (Å²) in [5, 5.41) is 8.58. The molecule has 0 radical (unpaired) electrons. The second-order valence-corrected chi connectivity index (χ2v) is 4.02. The second kappa shape index (κ2) is 4.47. The van der Waals surface area contributed by atoms with Crippen LogP contribution in [0.3, 0.4) is 0 Å². The number of hydrogen-bond acceptors (Lipinski definition) is 4. The van der Waals surface area contributed by atoms with E-state index < -0.39 is 5.91 Å². The van der Waals surface area contributed by atoms with Gasteiger partial charge >= 0.3 is 0 Å². The maximum atomic E-state index is 11.3. The molecule has 0 saturated carbocycles. The fourth-order valence-corrected chi connectivity index (χ4v) is 1.81. The Hall–Kier alpha value is -2.01. The molecule has 1 amide bonds. The minimum atomic E-state index is -0.546. The third-order valence-electron chi connectivity index (χ3n) is 2.52. The molecule has 2 rings (SSSR count). The van der Waals surface area contributed by atoms with E-state index in [9.17, 15) is 4.79 Å². The first-order chi connectivity index (χ1) is 8.10. The van der Waals surface area contributed by atoms with Gasteiger partial charge in [0.1, 0.15) is 11.5 Å². The lowest BCUT2D eigenvalue weighted by Crippen LogP contribution is -2.18. The Kier molecular flexibility index (Phi) is 3.01. The van der Waals surface area contributed by atoms with Crippen LogP contribution in [-0.4, -0.2) is 23.1 Å². The minimum Gasteiger partial charge on any atom is -0.460 e. The number of hydroxylamine groups is 1. The molecule has 1 aliphatic rings. The maximum absolute atomic E-state index is 11.3. The van der Waals surface area contributed by atoms with Crippen LogP contribution in [0.5, 0.6) is 5.75 Å². The van der Waals surface area contributed by atoms with Gasteiger partial charge in [0, 0.05) is 30.9 Å². The number of carbonyl (C=O) groups excluding carboxylic acids is 1. The second-order valence-electron chi connectivity index (χ2n) is 4.02. The van der Waals surface area contributed by atoms with Gasteiger partial charge in [-0.2, -0.15) is 0 Å². The van der Waals surface area contributed by atoms with Crippen molar-refractivity contribution in [3.05, 3.63) is 41.3 Å². The van der Waals surface area contributed by atoms with E-state index in [-0.39, 0.29) is 0 Å². The van der Waals surface area contributed by atoms with Crippen LogP contribution in [0.2, 0.25) is 0 Å². The highest BCUT2D eigenvalue weighted by Gasteiger charge is 2.14. The number of benzene rings is 1. The number of hydrogen-bond donors (Lipinski definition) is 2. The first-order valence-corrected chi connectivity index (χ1v) is 5.24. The van der Waals surface area contributed by atoms with Gasteiger partial charge in [-0.15, -0.1) is 0 Å². The maximum Gasteiger partial charge on any atom is 0.274 e. The van der Waals surface area contributed by atoms with Gasteiger partial charge in [0.05, 0.1) is 0 Å². The molecule has 1 aromatic carbocycles. The van der Waals surface area contributed by atoms with Gasteiger partial charge in [-0.05, 0) is 19.1 Å². The Morgan fingerprint density at radius 3 is 3.00 bits per heavy atom. The molecule has 0 aliphatic carbocycles. The van der Waals surface area contributed by atoms with E-state index in [4.69, 9.17) is 9.94 Å². The summed E-state index contributed by atoms with van der Waals surface area (Å²) in [4.78, 5) is 13.3. The number of nitrogens with one attached hydrogen (secondary N) is 1. The predicted octanol–water partition coefficient (Wildman–Crippen LogP) is 1.49. The molecule has 17 heavy (non-hydrogen) atoms. The highest BCUT2D eigenvalue weighted by atomic mass is 16.5. The van der Waals surface area contributed by atoms with Crippen molar-refractivity contribution < 1.29 is 14.7 Å². The van der Waals surface area contributed by atoms with Crippen molar-refractivity contribution in [2.24, 2.45) is 0 Å². The number of carbonyl (C=O) groups is 1. The molecule has 1 aromatic rings. The lowest BCUT2D eigenvalue weighted by atomic mass is 10.1. The third-order valence-corrected chi connectivity index (χ3v) is 2.52. The van der Waals surface area contributed by atoms with Crippen molar-refractivity contribution >= 4 is 5.91 Å². The summed E-state index contributed by atoms with van der Waals surface area (Å²) in [6.07, 6.45) is 1.89. The summed E-state index contributed by atoms with van der Waals surface area (Å²) >= 11 is 0. The van der Waals surface area contributed by atoms with Crippen molar-refractivity contribution in [3.63, 3.8) is 0 Å². The molecule has 5 nitrogen and oxygen atoms in total. The normalized spacial score (nSPS) is 14.3. The minimum absolute atomic E-state index is 0.364. The first kappa shape index (κ1) is 11.5. The van der Waals surface area contributed by atoms with Crippen LogP contribution in [0.4, 0.5) is 0 Å². The molecular formula is C12H14N2O3. The summed E-state index contributed by atoms with van der Waals surface area (Å²) < 4.78 is 5.62. The first-order valence-electron chi connectivity index (χ1n) is 5.24. The summed E-state index contributed by atoms with van der Waals surface area (Å²) in [7, 11) is 1.95. The van der Waals surface area contributed by atoms with Gasteiger partial charge in [0.15, 0.2) is 0 Å². The van der Waals surface area contributed by atoms with E-state index in [1.54, 1.807) is 17.6 Å². The molecule has 1 heterocycles. The zero-order valence-corrected chi connectivity index (χ0v) is 9.73. The summed E-state index contributed by atoms with van der Waals surface area (Å²) in [6.45, 7) is 2.57. The Morgan fingerprint density at radius 1 is 1.53 bits per heavy atom. The molecule has 0 saturated heterocycles. The van der Waals surface area contributed by atoms with Crippen LogP contribution in [0.1, 0.15) is 22.8 Å². The van der Waals surface area contributed by atoms with E-state index in [1.165, 1.54) is 0 Å². The molecule has 90 valence electrons. The molecule has 2 N–H and O–H groups in total. The van der Waals surface area contributed by atoms with E-state index in [0.29, 0.717) is 17.9 Å².